The van der Waals surface area contributed by atoms with Crippen molar-refractivity contribution in [2.75, 3.05) is 26.8 Å². The summed E-state index contributed by atoms with van der Waals surface area (Å²) in [5.41, 5.74) is 0. The third kappa shape index (κ3) is 3.27. The zero-order valence-electron chi connectivity index (χ0n) is 9.16. The second-order valence-electron chi connectivity index (χ2n) is 3.85. The summed E-state index contributed by atoms with van der Waals surface area (Å²) in [6.07, 6.45) is 1.25. The lowest BCUT2D eigenvalue weighted by Gasteiger charge is -2.16. The maximum Gasteiger partial charge on any atom is 0.248 e. The maximum absolute atomic E-state index is 11.6. The molecule has 1 amide bonds. The van der Waals surface area contributed by atoms with E-state index in [2.05, 4.69) is 0 Å². The number of carbonyl (C=O) groups is 1. The van der Waals surface area contributed by atoms with E-state index in [9.17, 15) is 4.79 Å². The van der Waals surface area contributed by atoms with E-state index in [4.69, 9.17) is 9.47 Å². The van der Waals surface area contributed by atoms with Gasteiger partial charge in [0.25, 0.3) is 0 Å². The largest absolute Gasteiger partial charge is 0.380 e. The number of likely N-dealkylation sites (tertiary alicyclic amines) is 1. The molecule has 1 rings (SSSR count). The van der Waals surface area contributed by atoms with Gasteiger partial charge in [-0.1, -0.05) is 0 Å². The molecule has 0 aromatic heterocycles. The van der Waals surface area contributed by atoms with Crippen molar-refractivity contribution in [3.8, 4) is 0 Å². The predicted molar refractivity (Wildman–Crippen MR) is 53.1 cm³/mol. The fourth-order valence-corrected chi connectivity index (χ4v) is 1.48. The summed E-state index contributed by atoms with van der Waals surface area (Å²) in [7, 11) is 1.68. The molecule has 0 aromatic carbocycles. The van der Waals surface area contributed by atoms with Crippen molar-refractivity contribution >= 4 is 5.91 Å². The minimum Gasteiger partial charge on any atom is -0.380 e. The minimum absolute atomic E-state index is 0.0678. The van der Waals surface area contributed by atoms with Crippen LogP contribution < -0.4 is 0 Å². The first-order chi connectivity index (χ1) is 6.63. The van der Waals surface area contributed by atoms with E-state index in [1.807, 2.05) is 13.8 Å². The summed E-state index contributed by atoms with van der Waals surface area (Å²) in [4.78, 5) is 13.4. The summed E-state index contributed by atoms with van der Waals surface area (Å²) in [6.45, 7) is 5.54. The van der Waals surface area contributed by atoms with Crippen LogP contribution in [0.15, 0.2) is 0 Å². The van der Waals surface area contributed by atoms with Gasteiger partial charge in [-0.05, 0) is 20.3 Å². The second-order valence-corrected chi connectivity index (χ2v) is 3.85. The molecule has 1 fully saturated rings. The number of amides is 1. The van der Waals surface area contributed by atoms with Crippen molar-refractivity contribution < 1.29 is 14.3 Å². The SMILES string of the molecule is COC1CCN(C(=O)COC(C)C)C1. The van der Waals surface area contributed by atoms with E-state index in [-0.39, 0.29) is 24.7 Å². The predicted octanol–water partition coefficient (Wildman–Crippen LogP) is 0.659. The van der Waals surface area contributed by atoms with E-state index in [0.29, 0.717) is 6.54 Å². The first-order valence-corrected chi connectivity index (χ1v) is 5.05. The standard InChI is InChI=1S/C10H19NO3/c1-8(2)14-7-10(12)11-5-4-9(6-11)13-3/h8-9H,4-7H2,1-3H3. The number of rotatable bonds is 4. The molecule has 1 saturated heterocycles. The highest BCUT2D eigenvalue weighted by Gasteiger charge is 2.25. The zero-order chi connectivity index (χ0) is 10.6. The van der Waals surface area contributed by atoms with Crippen LogP contribution in [0.5, 0.6) is 0 Å². The fourth-order valence-electron chi connectivity index (χ4n) is 1.48. The molecule has 4 nitrogen and oxygen atoms in total. The zero-order valence-corrected chi connectivity index (χ0v) is 9.16. The molecule has 0 bridgehead atoms. The third-order valence-electron chi connectivity index (χ3n) is 2.37. The Hall–Kier alpha value is -0.610. The summed E-state index contributed by atoms with van der Waals surface area (Å²) in [5, 5.41) is 0. The Morgan fingerprint density at radius 3 is 2.79 bits per heavy atom. The van der Waals surface area contributed by atoms with Crippen LogP contribution >= 0.6 is 0 Å². The van der Waals surface area contributed by atoms with Gasteiger partial charge in [-0.15, -0.1) is 0 Å². The summed E-state index contributed by atoms with van der Waals surface area (Å²) >= 11 is 0. The van der Waals surface area contributed by atoms with Gasteiger partial charge in [-0.25, -0.2) is 0 Å². The van der Waals surface area contributed by atoms with Crippen LogP contribution in [0.1, 0.15) is 20.3 Å². The first kappa shape index (κ1) is 11.5. The molecule has 1 aliphatic rings. The van der Waals surface area contributed by atoms with Gasteiger partial charge in [-0.2, -0.15) is 0 Å². The van der Waals surface area contributed by atoms with Gasteiger partial charge in [0.15, 0.2) is 0 Å². The molecule has 1 heterocycles. The van der Waals surface area contributed by atoms with E-state index < -0.39 is 0 Å². The lowest BCUT2D eigenvalue weighted by molar-refractivity contribution is -0.136. The minimum atomic E-state index is 0.0678. The molecule has 0 spiro atoms. The van der Waals surface area contributed by atoms with Gasteiger partial charge >= 0.3 is 0 Å². The highest BCUT2D eigenvalue weighted by Crippen LogP contribution is 2.11. The maximum atomic E-state index is 11.6. The highest BCUT2D eigenvalue weighted by atomic mass is 16.5. The topological polar surface area (TPSA) is 38.8 Å². The van der Waals surface area contributed by atoms with E-state index >= 15 is 0 Å². The van der Waals surface area contributed by atoms with Crippen LogP contribution in [0.3, 0.4) is 0 Å². The quantitative estimate of drug-likeness (QED) is 0.670. The molecule has 1 atom stereocenters. The number of nitrogens with zero attached hydrogens (tertiary/aromatic N) is 1. The van der Waals surface area contributed by atoms with Crippen LogP contribution in [-0.4, -0.2) is 49.8 Å². The van der Waals surface area contributed by atoms with Crippen molar-refractivity contribution in [1.29, 1.82) is 0 Å². The smallest absolute Gasteiger partial charge is 0.248 e. The summed E-state index contributed by atoms with van der Waals surface area (Å²) in [5.74, 6) is 0.0678. The summed E-state index contributed by atoms with van der Waals surface area (Å²) < 4.78 is 10.4. The molecule has 82 valence electrons. The number of ether oxygens (including phenoxy) is 2. The van der Waals surface area contributed by atoms with Crippen LogP contribution in [0.25, 0.3) is 0 Å². The third-order valence-corrected chi connectivity index (χ3v) is 2.37. The molecule has 1 unspecified atom stereocenters. The Morgan fingerprint density at radius 2 is 2.29 bits per heavy atom. The fraction of sp³-hybridized carbons (Fsp3) is 0.900. The molecule has 0 radical (unpaired) electrons. The molecule has 1 aliphatic heterocycles. The van der Waals surface area contributed by atoms with Crippen LogP contribution in [-0.2, 0) is 14.3 Å². The Kier molecular flexibility index (Phi) is 4.35. The van der Waals surface area contributed by atoms with Gasteiger partial charge in [-0.3, -0.25) is 4.79 Å². The van der Waals surface area contributed by atoms with Gasteiger partial charge in [0.1, 0.15) is 6.61 Å². The van der Waals surface area contributed by atoms with Crippen molar-refractivity contribution in [1.82, 2.24) is 4.90 Å². The molecule has 14 heavy (non-hydrogen) atoms. The van der Waals surface area contributed by atoms with Crippen molar-refractivity contribution in [3.63, 3.8) is 0 Å². The van der Waals surface area contributed by atoms with E-state index in [0.717, 1.165) is 13.0 Å². The molecule has 0 N–H and O–H groups in total. The average Bonchev–Trinajstić information content (AvgIpc) is 2.62. The number of hydrogen-bond acceptors (Lipinski definition) is 3. The molecular formula is C10H19NO3. The van der Waals surface area contributed by atoms with Crippen molar-refractivity contribution in [2.45, 2.75) is 32.5 Å². The van der Waals surface area contributed by atoms with Gasteiger partial charge in [0.2, 0.25) is 5.91 Å². The van der Waals surface area contributed by atoms with Crippen LogP contribution in [0.4, 0.5) is 0 Å². The number of carbonyl (C=O) groups excluding carboxylic acids is 1. The Bertz CT molecular complexity index is 194. The van der Waals surface area contributed by atoms with Gasteiger partial charge in [0, 0.05) is 20.2 Å². The normalized spacial score (nSPS) is 22.0. The molecular weight excluding hydrogens is 182 g/mol. The Balaban J connectivity index is 2.25. The highest BCUT2D eigenvalue weighted by molar-refractivity contribution is 5.77. The van der Waals surface area contributed by atoms with Crippen LogP contribution in [0.2, 0.25) is 0 Å². The Labute approximate surface area is 85.2 Å². The molecule has 4 heteroatoms. The van der Waals surface area contributed by atoms with Crippen molar-refractivity contribution in [3.05, 3.63) is 0 Å². The average molecular weight is 201 g/mol. The second kappa shape index (κ2) is 5.32. The van der Waals surface area contributed by atoms with Gasteiger partial charge < -0.3 is 14.4 Å². The first-order valence-electron chi connectivity index (χ1n) is 5.05. The molecule has 0 aliphatic carbocycles. The number of hydrogen-bond donors (Lipinski definition) is 0. The summed E-state index contributed by atoms with van der Waals surface area (Å²) in [6, 6.07) is 0. The monoisotopic (exact) mass is 201 g/mol. The molecule has 0 aromatic rings. The van der Waals surface area contributed by atoms with E-state index in [1.54, 1.807) is 12.0 Å². The van der Waals surface area contributed by atoms with Crippen LogP contribution in [0, 0.1) is 0 Å². The van der Waals surface area contributed by atoms with E-state index in [1.165, 1.54) is 0 Å². The lowest BCUT2D eigenvalue weighted by atomic mass is 10.3. The van der Waals surface area contributed by atoms with Gasteiger partial charge in [0.05, 0.1) is 12.2 Å². The van der Waals surface area contributed by atoms with Crippen molar-refractivity contribution in [2.24, 2.45) is 0 Å². The number of methoxy groups -OCH3 is 1. The Morgan fingerprint density at radius 1 is 1.57 bits per heavy atom. The lowest BCUT2D eigenvalue weighted by Crippen LogP contribution is -2.33. The molecule has 0 saturated carbocycles.